The van der Waals surface area contributed by atoms with Crippen LogP contribution in [-0.2, 0) is 52.3 Å². The monoisotopic (exact) mass is 734 g/mol. The minimum atomic E-state index is -2.38. The number of ether oxygens (including phenoxy) is 7. The highest BCUT2D eigenvalue weighted by molar-refractivity contribution is 5.73. The minimum Gasteiger partial charge on any atom is -0.463 e. The van der Waals surface area contributed by atoms with Gasteiger partial charge in [0.2, 0.25) is 5.79 Å². The highest BCUT2D eigenvalue weighted by atomic mass is 16.8. The molecule has 0 aromatic rings. The fourth-order valence-electron chi connectivity index (χ4n) is 5.58. The summed E-state index contributed by atoms with van der Waals surface area (Å²) in [5.74, 6) is -6.98. The van der Waals surface area contributed by atoms with Gasteiger partial charge in [-0.05, 0) is 19.3 Å². The standard InChI is InChI=1S/C36H62O15/c1-8-11-12-13-14-15-16-17-26(39)45-19-25-29(47-33(43)22(6)9-2)30(48-34(44)23(7)10-3)28(41)35(46-25)51-36(20-38)31(49-32(42)21(4)5)27(40)24(18-37)50-36/h21-25,27-31,35,37-38,40-41H,8-20H2,1-7H3. The van der Waals surface area contributed by atoms with Crippen LogP contribution in [0.3, 0.4) is 0 Å². The Bertz CT molecular complexity index is 1080. The van der Waals surface area contributed by atoms with E-state index in [1.807, 2.05) is 0 Å². The van der Waals surface area contributed by atoms with Crippen molar-refractivity contribution in [2.45, 2.75) is 167 Å². The highest BCUT2D eigenvalue weighted by Gasteiger charge is 2.62. The summed E-state index contributed by atoms with van der Waals surface area (Å²) < 4.78 is 40.3. The van der Waals surface area contributed by atoms with Crippen LogP contribution in [0, 0.1) is 17.8 Å². The first kappa shape index (κ1) is 44.8. The molecule has 2 fully saturated rings. The summed E-state index contributed by atoms with van der Waals surface area (Å²) in [6.07, 6.45) is -5.12. The Morgan fingerprint density at radius 3 is 1.82 bits per heavy atom. The lowest BCUT2D eigenvalue weighted by atomic mass is 9.97. The molecule has 0 amide bonds. The van der Waals surface area contributed by atoms with E-state index < -0.39 is 116 Å². The predicted octanol–water partition coefficient (Wildman–Crippen LogP) is 2.70. The number of esters is 4. The van der Waals surface area contributed by atoms with Gasteiger partial charge in [-0.15, -0.1) is 0 Å². The number of carbonyl (C=O) groups excluding carboxylic acids is 4. The maximum Gasteiger partial charge on any atom is 0.309 e. The summed E-state index contributed by atoms with van der Waals surface area (Å²) in [7, 11) is 0. The Balaban J connectivity index is 2.45. The Morgan fingerprint density at radius 1 is 0.725 bits per heavy atom. The highest BCUT2D eigenvalue weighted by Crippen LogP contribution is 2.39. The average Bonchev–Trinajstić information content (AvgIpc) is 3.38. The molecule has 2 saturated heterocycles. The van der Waals surface area contributed by atoms with Gasteiger partial charge in [-0.3, -0.25) is 19.2 Å². The minimum absolute atomic E-state index is 0.123. The van der Waals surface area contributed by atoms with Crippen LogP contribution in [0.15, 0.2) is 0 Å². The maximum atomic E-state index is 13.1. The van der Waals surface area contributed by atoms with Crippen LogP contribution in [0.25, 0.3) is 0 Å². The Hall–Kier alpha value is -2.40. The van der Waals surface area contributed by atoms with E-state index in [0.717, 1.165) is 38.5 Å². The second kappa shape index (κ2) is 22.0. The molecule has 2 aliphatic rings. The second-order valence-electron chi connectivity index (χ2n) is 13.9. The summed E-state index contributed by atoms with van der Waals surface area (Å²) in [6.45, 7) is 9.70. The molecule has 51 heavy (non-hydrogen) atoms. The SMILES string of the molecule is CCCCCCCCCC(=O)OCC1OC(OC2(CO)OC(CO)C(O)C2OC(=O)C(C)C)C(O)C(OC(=O)C(C)CC)C1OC(=O)C(C)CC. The van der Waals surface area contributed by atoms with Gasteiger partial charge < -0.3 is 53.6 Å². The molecule has 2 heterocycles. The van der Waals surface area contributed by atoms with E-state index in [1.54, 1.807) is 41.5 Å². The largest absolute Gasteiger partial charge is 0.463 e. The molecule has 0 bridgehead atoms. The molecule has 4 N–H and O–H groups in total. The third-order valence-electron chi connectivity index (χ3n) is 9.45. The second-order valence-corrected chi connectivity index (χ2v) is 13.9. The van der Waals surface area contributed by atoms with Crippen LogP contribution in [0.5, 0.6) is 0 Å². The van der Waals surface area contributed by atoms with Crippen LogP contribution in [0.4, 0.5) is 0 Å². The van der Waals surface area contributed by atoms with Gasteiger partial charge in [0.1, 0.15) is 37.6 Å². The van der Waals surface area contributed by atoms with Crippen molar-refractivity contribution in [3.63, 3.8) is 0 Å². The van der Waals surface area contributed by atoms with Crippen LogP contribution in [-0.4, -0.2) is 119 Å². The first-order valence-corrected chi connectivity index (χ1v) is 18.6. The zero-order chi connectivity index (χ0) is 38.3. The number of hydrogen-bond acceptors (Lipinski definition) is 15. The van der Waals surface area contributed by atoms with Crippen molar-refractivity contribution in [1.29, 1.82) is 0 Å². The van der Waals surface area contributed by atoms with Gasteiger partial charge >= 0.3 is 23.9 Å². The van der Waals surface area contributed by atoms with Crippen molar-refractivity contribution in [3.05, 3.63) is 0 Å². The van der Waals surface area contributed by atoms with E-state index in [2.05, 4.69) is 6.92 Å². The summed E-state index contributed by atoms with van der Waals surface area (Å²) in [6, 6.07) is 0. The third kappa shape index (κ3) is 12.6. The molecular formula is C36H62O15. The molecule has 11 atom stereocenters. The van der Waals surface area contributed by atoms with Gasteiger partial charge in [0.05, 0.1) is 24.4 Å². The first-order chi connectivity index (χ1) is 24.2. The van der Waals surface area contributed by atoms with Crippen molar-refractivity contribution in [1.82, 2.24) is 0 Å². The van der Waals surface area contributed by atoms with E-state index in [0.29, 0.717) is 19.3 Å². The van der Waals surface area contributed by atoms with Gasteiger partial charge in [-0.2, -0.15) is 0 Å². The fraction of sp³-hybridized carbons (Fsp3) is 0.889. The Kier molecular flexibility index (Phi) is 19.3. The first-order valence-electron chi connectivity index (χ1n) is 18.6. The van der Waals surface area contributed by atoms with E-state index >= 15 is 0 Å². The molecule has 0 aliphatic carbocycles. The van der Waals surface area contributed by atoms with Crippen molar-refractivity contribution < 1.29 is 72.8 Å². The number of unbranched alkanes of at least 4 members (excludes halogenated alkanes) is 6. The number of carbonyl (C=O) groups is 4. The zero-order valence-corrected chi connectivity index (χ0v) is 31.3. The lowest BCUT2D eigenvalue weighted by molar-refractivity contribution is -0.384. The molecule has 0 spiro atoms. The van der Waals surface area contributed by atoms with Crippen LogP contribution >= 0.6 is 0 Å². The van der Waals surface area contributed by atoms with Gasteiger partial charge in [-0.25, -0.2) is 0 Å². The molecule has 11 unspecified atom stereocenters. The number of rotatable bonds is 22. The van der Waals surface area contributed by atoms with E-state index in [-0.39, 0.29) is 6.42 Å². The summed E-state index contributed by atoms with van der Waals surface area (Å²) >= 11 is 0. The average molecular weight is 735 g/mol. The molecule has 0 aromatic heterocycles. The fourth-order valence-corrected chi connectivity index (χ4v) is 5.58. The molecule has 0 radical (unpaired) electrons. The topological polar surface area (TPSA) is 214 Å². The van der Waals surface area contributed by atoms with Crippen molar-refractivity contribution in [2.24, 2.45) is 17.8 Å². The zero-order valence-electron chi connectivity index (χ0n) is 31.3. The normalized spacial score (nSPS) is 30.4. The molecule has 0 aromatic carbocycles. The van der Waals surface area contributed by atoms with E-state index in [4.69, 9.17) is 33.2 Å². The number of aliphatic hydroxyl groups is 4. The number of hydrogen-bond donors (Lipinski definition) is 4. The third-order valence-corrected chi connectivity index (χ3v) is 9.45. The summed E-state index contributed by atoms with van der Waals surface area (Å²) in [5, 5.41) is 43.0. The molecule has 0 saturated carbocycles. The van der Waals surface area contributed by atoms with Crippen LogP contribution in [0.1, 0.15) is 113 Å². The maximum absolute atomic E-state index is 13.1. The molecule has 2 rings (SSSR count). The Morgan fingerprint density at radius 2 is 1.29 bits per heavy atom. The lowest BCUT2D eigenvalue weighted by Crippen LogP contribution is -2.65. The predicted molar refractivity (Wildman–Crippen MR) is 180 cm³/mol. The van der Waals surface area contributed by atoms with Gasteiger partial charge in [0.25, 0.3) is 0 Å². The number of aliphatic hydroxyl groups excluding tert-OH is 4. The molecule has 296 valence electrons. The van der Waals surface area contributed by atoms with Crippen LogP contribution in [0.2, 0.25) is 0 Å². The van der Waals surface area contributed by atoms with Crippen molar-refractivity contribution in [2.75, 3.05) is 19.8 Å². The molecule has 15 heteroatoms. The quantitative estimate of drug-likeness (QED) is 0.0715. The van der Waals surface area contributed by atoms with Gasteiger partial charge in [-0.1, -0.05) is 87.0 Å². The molecule has 15 nitrogen and oxygen atoms in total. The van der Waals surface area contributed by atoms with E-state index in [1.165, 1.54) is 0 Å². The summed E-state index contributed by atoms with van der Waals surface area (Å²) in [5.41, 5.74) is 0. The van der Waals surface area contributed by atoms with Crippen molar-refractivity contribution in [3.8, 4) is 0 Å². The smallest absolute Gasteiger partial charge is 0.309 e. The van der Waals surface area contributed by atoms with Crippen molar-refractivity contribution >= 4 is 23.9 Å². The molecule has 2 aliphatic heterocycles. The molecular weight excluding hydrogens is 672 g/mol. The lowest BCUT2D eigenvalue weighted by Gasteiger charge is -2.46. The Labute approximate surface area is 301 Å². The van der Waals surface area contributed by atoms with E-state index in [9.17, 15) is 39.6 Å². The summed E-state index contributed by atoms with van der Waals surface area (Å²) in [4.78, 5) is 51.7. The van der Waals surface area contributed by atoms with Gasteiger partial charge in [0.15, 0.2) is 24.6 Å². The van der Waals surface area contributed by atoms with Crippen LogP contribution < -0.4 is 0 Å². The van der Waals surface area contributed by atoms with Gasteiger partial charge in [0, 0.05) is 6.42 Å².